The first-order valence-electron chi connectivity index (χ1n) is 9.76. The summed E-state index contributed by atoms with van der Waals surface area (Å²) < 4.78 is 2.24. The second-order valence-corrected chi connectivity index (χ2v) is 8.13. The van der Waals surface area contributed by atoms with E-state index in [0.29, 0.717) is 13.1 Å². The first-order chi connectivity index (χ1) is 14.2. The van der Waals surface area contributed by atoms with Crippen LogP contribution in [0.5, 0.6) is 0 Å². The number of carbonyl (C=O) groups excluding carboxylic acids is 1. The Morgan fingerprint density at radius 1 is 0.897 bits per heavy atom. The van der Waals surface area contributed by atoms with Crippen LogP contribution in [0.3, 0.4) is 0 Å². The molecule has 0 saturated carbocycles. The van der Waals surface area contributed by atoms with Gasteiger partial charge in [0.15, 0.2) is 0 Å². The third-order valence-electron chi connectivity index (χ3n) is 5.11. The number of amides is 1. The highest BCUT2D eigenvalue weighted by molar-refractivity contribution is 7.12. The molecule has 0 spiro atoms. The molecule has 1 amide bonds. The van der Waals surface area contributed by atoms with Gasteiger partial charge in [0.1, 0.15) is 0 Å². The predicted octanol–water partition coefficient (Wildman–Crippen LogP) is 5.75. The summed E-state index contributed by atoms with van der Waals surface area (Å²) in [7, 11) is 0. The number of aromatic nitrogens is 1. The van der Waals surface area contributed by atoms with Crippen LogP contribution in [-0.4, -0.2) is 15.4 Å². The van der Waals surface area contributed by atoms with E-state index in [2.05, 4.69) is 66.2 Å². The molecule has 146 valence electrons. The zero-order chi connectivity index (χ0) is 20.1. The third-order valence-corrected chi connectivity index (χ3v) is 5.97. The summed E-state index contributed by atoms with van der Waals surface area (Å²) in [4.78, 5) is 15.9. The van der Waals surface area contributed by atoms with Crippen LogP contribution in [0, 0.1) is 6.92 Å². The van der Waals surface area contributed by atoms with Gasteiger partial charge < -0.3 is 9.47 Å². The number of benzene rings is 2. The molecule has 2 aromatic carbocycles. The van der Waals surface area contributed by atoms with Gasteiger partial charge in [-0.2, -0.15) is 0 Å². The molecule has 0 atom stereocenters. The van der Waals surface area contributed by atoms with Crippen molar-refractivity contribution in [2.24, 2.45) is 0 Å². The molecule has 4 heteroatoms. The van der Waals surface area contributed by atoms with Crippen molar-refractivity contribution in [1.29, 1.82) is 0 Å². The fourth-order valence-electron chi connectivity index (χ4n) is 3.47. The normalized spacial score (nSPS) is 10.8. The van der Waals surface area contributed by atoms with Gasteiger partial charge in [-0.25, -0.2) is 0 Å². The lowest BCUT2D eigenvalue weighted by molar-refractivity contribution is 0.0731. The quantitative estimate of drug-likeness (QED) is 0.388. The molecule has 0 radical (unpaired) electrons. The van der Waals surface area contributed by atoms with Gasteiger partial charge in [-0.3, -0.25) is 4.79 Å². The van der Waals surface area contributed by atoms with Gasteiger partial charge in [0.05, 0.1) is 11.4 Å². The lowest BCUT2D eigenvalue weighted by atomic mass is 10.1. The fraction of sp³-hybridized carbons (Fsp3) is 0.160. The number of aryl methyl sites for hydroxylation is 1. The number of hydrogen-bond donors (Lipinski definition) is 0. The molecule has 0 bridgehead atoms. The molecule has 2 heterocycles. The van der Waals surface area contributed by atoms with E-state index in [1.807, 2.05) is 40.6 Å². The molecule has 2 aromatic heterocycles. The van der Waals surface area contributed by atoms with Crippen molar-refractivity contribution in [2.75, 3.05) is 0 Å². The van der Waals surface area contributed by atoms with Crippen molar-refractivity contribution in [3.63, 3.8) is 0 Å². The highest BCUT2D eigenvalue weighted by Gasteiger charge is 2.19. The van der Waals surface area contributed by atoms with Crippen LogP contribution < -0.4 is 0 Å². The monoisotopic (exact) mass is 400 g/mol. The Kier molecular flexibility index (Phi) is 5.92. The maximum absolute atomic E-state index is 13.2. The summed E-state index contributed by atoms with van der Waals surface area (Å²) in [6, 6.07) is 26.6. The van der Waals surface area contributed by atoms with Crippen LogP contribution in [0.1, 0.15) is 32.1 Å². The Balaban J connectivity index is 1.59. The minimum absolute atomic E-state index is 0.0764. The van der Waals surface area contributed by atoms with Crippen molar-refractivity contribution in [2.45, 2.75) is 26.6 Å². The Labute approximate surface area is 175 Å². The molecular formula is C25H24N2OS. The van der Waals surface area contributed by atoms with Crippen molar-refractivity contribution < 1.29 is 4.79 Å². The van der Waals surface area contributed by atoms with E-state index in [1.165, 1.54) is 22.5 Å². The molecular weight excluding hydrogens is 376 g/mol. The summed E-state index contributed by atoms with van der Waals surface area (Å²) >= 11 is 1.49. The number of hydrogen-bond acceptors (Lipinski definition) is 2. The Hall–Kier alpha value is -3.11. The second kappa shape index (κ2) is 8.93. The van der Waals surface area contributed by atoms with Gasteiger partial charge >= 0.3 is 0 Å². The largest absolute Gasteiger partial charge is 0.345 e. The molecule has 4 rings (SSSR count). The van der Waals surface area contributed by atoms with E-state index in [0.717, 1.165) is 22.7 Å². The molecule has 4 aromatic rings. The van der Waals surface area contributed by atoms with Crippen molar-refractivity contribution in [3.8, 4) is 0 Å². The molecule has 0 aliphatic heterocycles. The molecule has 3 nitrogen and oxygen atoms in total. The minimum atomic E-state index is 0.0764. The zero-order valence-corrected chi connectivity index (χ0v) is 17.3. The van der Waals surface area contributed by atoms with E-state index < -0.39 is 0 Å². The zero-order valence-electron chi connectivity index (χ0n) is 16.5. The van der Waals surface area contributed by atoms with E-state index in [1.54, 1.807) is 0 Å². The second-order valence-electron chi connectivity index (χ2n) is 7.18. The van der Waals surface area contributed by atoms with Gasteiger partial charge in [-0.1, -0.05) is 60.7 Å². The van der Waals surface area contributed by atoms with E-state index in [-0.39, 0.29) is 5.91 Å². The molecule has 29 heavy (non-hydrogen) atoms. The maximum Gasteiger partial charge on any atom is 0.264 e. The van der Waals surface area contributed by atoms with E-state index in [4.69, 9.17) is 0 Å². The third kappa shape index (κ3) is 4.66. The lowest BCUT2D eigenvalue weighted by Gasteiger charge is -2.23. The molecule has 0 fully saturated rings. The SMILES string of the molecule is Cc1ccccc1Cn1cccc1CN(Cc1ccccc1)C(=O)c1cccs1. The van der Waals surface area contributed by atoms with Crippen molar-refractivity contribution >= 4 is 17.2 Å². The first-order valence-corrected chi connectivity index (χ1v) is 10.6. The van der Waals surface area contributed by atoms with Crippen molar-refractivity contribution in [3.05, 3.63) is 118 Å². The van der Waals surface area contributed by atoms with Crippen LogP contribution in [0.4, 0.5) is 0 Å². The summed E-state index contributed by atoms with van der Waals surface area (Å²) in [6.45, 7) is 4.11. The fourth-order valence-corrected chi connectivity index (χ4v) is 4.16. The van der Waals surface area contributed by atoms with Gasteiger partial charge in [-0.15, -0.1) is 11.3 Å². The molecule has 0 aliphatic rings. The molecule has 0 N–H and O–H groups in total. The summed E-state index contributed by atoms with van der Waals surface area (Å²) in [6.07, 6.45) is 2.10. The topological polar surface area (TPSA) is 25.2 Å². The highest BCUT2D eigenvalue weighted by Crippen LogP contribution is 2.19. The van der Waals surface area contributed by atoms with Gasteiger partial charge in [0.25, 0.3) is 5.91 Å². The Morgan fingerprint density at radius 2 is 1.69 bits per heavy atom. The number of nitrogens with zero attached hydrogens (tertiary/aromatic N) is 2. The first kappa shape index (κ1) is 19.2. The van der Waals surface area contributed by atoms with E-state index >= 15 is 0 Å². The maximum atomic E-state index is 13.2. The van der Waals surface area contributed by atoms with Gasteiger partial charge in [0, 0.05) is 25.0 Å². The number of rotatable bonds is 7. The van der Waals surface area contributed by atoms with Crippen LogP contribution in [0.2, 0.25) is 0 Å². The standard InChI is InChI=1S/C25H24N2OS/c1-20-9-5-6-12-22(20)18-26-15-7-13-23(26)19-27(17-21-10-3-2-4-11-21)25(28)24-14-8-16-29-24/h2-16H,17-19H2,1H3. The number of thiophene rings is 1. The molecule has 0 unspecified atom stereocenters. The smallest absolute Gasteiger partial charge is 0.264 e. The highest BCUT2D eigenvalue weighted by atomic mass is 32.1. The lowest BCUT2D eigenvalue weighted by Crippen LogP contribution is -2.30. The number of carbonyl (C=O) groups is 1. The van der Waals surface area contributed by atoms with Crippen molar-refractivity contribution in [1.82, 2.24) is 9.47 Å². The van der Waals surface area contributed by atoms with Crippen LogP contribution in [-0.2, 0) is 19.6 Å². The van der Waals surface area contributed by atoms with Gasteiger partial charge in [0.2, 0.25) is 0 Å². The Bertz CT molecular complexity index is 1070. The van der Waals surface area contributed by atoms with Gasteiger partial charge in [-0.05, 0) is 47.2 Å². The van der Waals surface area contributed by atoms with Crippen LogP contribution in [0.15, 0.2) is 90.4 Å². The van der Waals surface area contributed by atoms with Crippen LogP contribution >= 0.6 is 11.3 Å². The molecule has 0 aliphatic carbocycles. The Morgan fingerprint density at radius 3 is 2.45 bits per heavy atom. The average molecular weight is 401 g/mol. The minimum Gasteiger partial charge on any atom is -0.345 e. The summed E-state index contributed by atoms with van der Waals surface area (Å²) in [5.74, 6) is 0.0764. The average Bonchev–Trinajstić information content (AvgIpc) is 3.42. The molecule has 0 saturated heterocycles. The van der Waals surface area contributed by atoms with E-state index in [9.17, 15) is 4.79 Å². The summed E-state index contributed by atoms with van der Waals surface area (Å²) in [5.41, 5.74) is 4.84. The predicted molar refractivity (Wildman–Crippen MR) is 119 cm³/mol. The summed E-state index contributed by atoms with van der Waals surface area (Å²) in [5, 5.41) is 1.95. The van der Waals surface area contributed by atoms with Crippen LogP contribution in [0.25, 0.3) is 0 Å².